The third kappa shape index (κ3) is 4.85. The molecule has 1 N–H and O–H groups in total. The van der Waals surface area contributed by atoms with E-state index in [0.29, 0.717) is 12.3 Å². The molecule has 0 bridgehead atoms. The molecule has 0 aliphatic rings. The van der Waals surface area contributed by atoms with Crippen LogP contribution in [0.4, 0.5) is 5.69 Å². The Morgan fingerprint density at radius 3 is 2.57 bits per heavy atom. The normalized spacial score (nSPS) is 11.6. The number of carbonyl (C=O) groups excluding carboxylic acids is 2. The first kappa shape index (κ1) is 19.4. The van der Waals surface area contributed by atoms with E-state index in [1.165, 1.54) is 0 Å². The van der Waals surface area contributed by atoms with Gasteiger partial charge in [0.25, 0.3) is 5.91 Å². The fourth-order valence-corrected chi connectivity index (χ4v) is 2.80. The summed E-state index contributed by atoms with van der Waals surface area (Å²) in [4.78, 5) is 28.9. The van der Waals surface area contributed by atoms with Crippen molar-refractivity contribution >= 4 is 28.5 Å². The van der Waals surface area contributed by atoms with Crippen molar-refractivity contribution in [1.29, 1.82) is 0 Å². The largest absolute Gasteiger partial charge is 0.494 e. The number of nitrogens with zero attached hydrogens (tertiary/aromatic N) is 1. The minimum Gasteiger partial charge on any atom is -0.494 e. The van der Waals surface area contributed by atoms with Crippen LogP contribution in [0.15, 0.2) is 60.8 Å². The number of carbonyl (C=O) groups is 2. The number of esters is 1. The molecule has 3 aromatic rings. The lowest BCUT2D eigenvalue weighted by atomic mass is 10.1. The van der Waals surface area contributed by atoms with E-state index in [4.69, 9.17) is 9.47 Å². The Kier molecular flexibility index (Phi) is 6.22. The number of benzene rings is 2. The zero-order valence-corrected chi connectivity index (χ0v) is 15.8. The Hall–Kier alpha value is -3.41. The van der Waals surface area contributed by atoms with E-state index in [1.54, 1.807) is 37.4 Å². The van der Waals surface area contributed by atoms with Crippen molar-refractivity contribution in [3.63, 3.8) is 0 Å². The molecule has 3 rings (SSSR count). The molecule has 0 saturated heterocycles. The first-order valence-electron chi connectivity index (χ1n) is 9.12. The molecule has 1 aromatic heterocycles. The van der Waals surface area contributed by atoms with Crippen LogP contribution in [0.25, 0.3) is 10.9 Å². The molecule has 1 atom stereocenters. The van der Waals surface area contributed by atoms with Gasteiger partial charge in [0.1, 0.15) is 5.75 Å². The van der Waals surface area contributed by atoms with Crippen LogP contribution in [0.5, 0.6) is 5.75 Å². The fourth-order valence-electron chi connectivity index (χ4n) is 2.80. The lowest BCUT2D eigenvalue weighted by molar-refractivity contribution is -0.152. The first-order chi connectivity index (χ1) is 13.6. The quantitative estimate of drug-likeness (QED) is 0.634. The maximum atomic E-state index is 12.3. The summed E-state index contributed by atoms with van der Waals surface area (Å²) in [6.45, 7) is 4.02. The van der Waals surface area contributed by atoms with Crippen LogP contribution in [-0.2, 0) is 20.7 Å². The van der Waals surface area contributed by atoms with Crippen LogP contribution in [0.2, 0.25) is 0 Å². The molecular formula is C22H22N2O4. The van der Waals surface area contributed by atoms with Gasteiger partial charge in [0.05, 0.1) is 18.5 Å². The molecule has 144 valence electrons. The Balaban J connectivity index is 1.58. The number of anilines is 1. The predicted octanol–water partition coefficient (Wildman–Crippen LogP) is 3.75. The fraction of sp³-hybridized carbons (Fsp3) is 0.227. The van der Waals surface area contributed by atoms with E-state index < -0.39 is 18.0 Å². The van der Waals surface area contributed by atoms with Gasteiger partial charge in [-0.15, -0.1) is 0 Å². The van der Waals surface area contributed by atoms with Gasteiger partial charge >= 0.3 is 5.97 Å². The molecule has 6 heteroatoms. The lowest BCUT2D eigenvalue weighted by Gasteiger charge is -2.14. The van der Waals surface area contributed by atoms with Crippen molar-refractivity contribution in [3.8, 4) is 5.75 Å². The number of pyridine rings is 1. The average Bonchev–Trinajstić information content (AvgIpc) is 2.70. The highest BCUT2D eigenvalue weighted by Crippen LogP contribution is 2.18. The Morgan fingerprint density at radius 1 is 1.07 bits per heavy atom. The molecule has 0 fully saturated rings. The summed E-state index contributed by atoms with van der Waals surface area (Å²) < 4.78 is 10.7. The van der Waals surface area contributed by atoms with Crippen molar-refractivity contribution < 1.29 is 19.1 Å². The van der Waals surface area contributed by atoms with Crippen molar-refractivity contribution in [2.45, 2.75) is 26.4 Å². The van der Waals surface area contributed by atoms with Crippen molar-refractivity contribution in [3.05, 3.63) is 66.4 Å². The Labute approximate surface area is 163 Å². The van der Waals surface area contributed by atoms with Crippen LogP contribution in [0.3, 0.4) is 0 Å². The number of fused-ring (bicyclic) bond motifs is 1. The van der Waals surface area contributed by atoms with Gasteiger partial charge in [-0.1, -0.05) is 24.3 Å². The number of nitrogens with one attached hydrogen (secondary N) is 1. The molecule has 1 amide bonds. The maximum absolute atomic E-state index is 12.3. The van der Waals surface area contributed by atoms with Gasteiger partial charge in [-0.2, -0.15) is 0 Å². The smallest absolute Gasteiger partial charge is 0.311 e. The molecule has 0 aliphatic carbocycles. The van der Waals surface area contributed by atoms with Crippen LogP contribution in [0.1, 0.15) is 19.4 Å². The minimum atomic E-state index is -0.915. The van der Waals surface area contributed by atoms with Crippen LogP contribution >= 0.6 is 0 Å². The number of hydrogen-bond acceptors (Lipinski definition) is 5. The van der Waals surface area contributed by atoms with Gasteiger partial charge in [-0.3, -0.25) is 14.6 Å². The second kappa shape index (κ2) is 8.99. The SMILES string of the molecule is CCOc1ccc(NC(=O)C(C)OC(=O)Cc2cccc3cccnc23)cc1. The van der Waals surface area contributed by atoms with E-state index >= 15 is 0 Å². The molecule has 0 aliphatic heterocycles. The zero-order chi connectivity index (χ0) is 19.9. The number of hydrogen-bond donors (Lipinski definition) is 1. The number of ether oxygens (including phenoxy) is 2. The number of amides is 1. The summed E-state index contributed by atoms with van der Waals surface area (Å²) in [6, 6.07) is 16.4. The summed E-state index contributed by atoms with van der Waals surface area (Å²) >= 11 is 0. The van der Waals surface area contributed by atoms with E-state index in [0.717, 1.165) is 22.2 Å². The second-order valence-electron chi connectivity index (χ2n) is 6.25. The highest BCUT2D eigenvalue weighted by Gasteiger charge is 2.19. The third-order valence-corrected chi connectivity index (χ3v) is 4.16. The van der Waals surface area contributed by atoms with E-state index in [-0.39, 0.29) is 6.42 Å². The number of rotatable bonds is 7. The first-order valence-corrected chi connectivity index (χ1v) is 9.12. The third-order valence-electron chi connectivity index (χ3n) is 4.16. The van der Waals surface area contributed by atoms with Crippen molar-refractivity contribution in [1.82, 2.24) is 4.98 Å². The van der Waals surface area contributed by atoms with E-state index in [1.807, 2.05) is 37.3 Å². The highest BCUT2D eigenvalue weighted by atomic mass is 16.5. The van der Waals surface area contributed by atoms with Crippen LogP contribution < -0.4 is 10.1 Å². The summed E-state index contributed by atoms with van der Waals surface area (Å²) in [5, 5.41) is 3.68. The summed E-state index contributed by atoms with van der Waals surface area (Å²) in [7, 11) is 0. The average molecular weight is 378 g/mol. The van der Waals surface area contributed by atoms with Gasteiger partial charge in [0.2, 0.25) is 0 Å². The predicted molar refractivity (Wildman–Crippen MR) is 107 cm³/mol. The number of aromatic nitrogens is 1. The molecule has 0 saturated carbocycles. The maximum Gasteiger partial charge on any atom is 0.311 e. The Morgan fingerprint density at radius 2 is 1.82 bits per heavy atom. The van der Waals surface area contributed by atoms with Crippen LogP contribution in [0, 0.1) is 0 Å². The molecule has 28 heavy (non-hydrogen) atoms. The Bertz CT molecular complexity index is 964. The van der Waals surface area contributed by atoms with Gasteiger partial charge in [0, 0.05) is 17.3 Å². The van der Waals surface area contributed by atoms with Gasteiger partial charge in [-0.05, 0) is 49.7 Å². The van der Waals surface area contributed by atoms with Gasteiger partial charge < -0.3 is 14.8 Å². The molecule has 0 radical (unpaired) electrons. The van der Waals surface area contributed by atoms with Crippen LogP contribution in [-0.4, -0.2) is 29.6 Å². The zero-order valence-electron chi connectivity index (χ0n) is 15.8. The molecule has 0 spiro atoms. The van der Waals surface area contributed by atoms with Gasteiger partial charge in [0.15, 0.2) is 6.10 Å². The standard InChI is InChI=1S/C22H22N2O4/c1-3-27-19-11-9-18(10-12-19)24-22(26)15(2)28-20(25)14-17-7-4-6-16-8-5-13-23-21(16)17/h4-13,15H,3,14H2,1-2H3,(H,24,26). The second-order valence-corrected chi connectivity index (χ2v) is 6.25. The number of para-hydroxylation sites is 1. The van der Waals surface area contributed by atoms with Gasteiger partial charge in [-0.25, -0.2) is 0 Å². The van der Waals surface area contributed by atoms with E-state index in [9.17, 15) is 9.59 Å². The summed E-state index contributed by atoms with van der Waals surface area (Å²) in [6.07, 6.45) is 0.820. The molecule has 6 nitrogen and oxygen atoms in total. The summed E-state index contributed by atoms with van der Waals surface area (Å²) in [5.74, 6) is -0.148. The van der Waals surface area contributed by atoms with Crippen molar-refractivity contribution in [2.24, 2.45) is 0 Å². The molecular weight excluding hydrogens is 356 g/mol. The molecule has 1 unspecified atom stereocenters. The van der Waals surface area contributed by atoms with Crippen molar-refractivity contribution in [2.75, 3.05) is 11.9 Å². The molecule has 2 aromatic carbocycles. The summed E-state index contributed by atoms with van der Waals surface area (Å²) in [5.41, 5.74) is 2.13. The monoisotopic (exact) mass is 378 g/mol. The van der Waals surface area contributed by atoms with E-state index in [2.05, 4.69) is 10.3 Å². The minimum absolute atomic E-state index is 0.0506. The topological polar surface area (TPSA) is 77.5 Å². The molecule has 1 heterocycles. The lowest BCUT2D eigenvalue weighted by Crippen LogP contribution is -2.30. The highest BCUT2D eigenvalue weighted by molar-refractivity contribution is 5.95.